The molecule has 2 heterocycles. The number of amides is 2. The predicted molar refractivity (Wildman–Crippen MR) is 121 cm³/mol. The molecule has 0 spiro atoms. The van der Waals surface area contributed by atoms with Gasteiger partial charge in [-0.1, -0.05) is 48.6 Å². The van der Waals surface area contributed by atoms with Crippen LogP contribution in [0.1, 0.15) is 36.3 Å². The number of aromatic nitrogens is 2. The average Bonchev–Trinajstić information content (AvgIpc) is 3.39. The van der Waals surface area contributed by atoms with Crippen molar-refractivity contribution in [3.05, 3.63) is 65.2 Å². The summed E-state index contributed by atoms with van der Waals surface area (Å²) in [6, 6.07) is 17.1. The number of anilines is 2. The van der Waals surface area contributed by atoms with Gasteiger partial charge in [0.05, 0.1) is 0 Å². The Morgan fingerprint density at radius 1 is 1.23 bits per heavy atom. The summed E-state index contributed by atoms with van der Waals surface area (Å²) in [4.78, 5) is 27.0. The molecule has 2 aromatic carbocycles. The van der Waals surface area contributed by atoms with E-state index < -0.39 is 6.10 Å². The van der Waals surface area contributed by atoms with Crippen molar-refractivity contribution in [3.63, 3.8) is 0 Å². The first kappa shape index (κ1) is 21.0. The van der Waals surface area contributed by atoms with Gasteiger partial charge in [0.2, 0.25) is 11.0 Å². The van der Waals surface area contributed by atoms with Crippen molar-refractivity contribution in [1.82, 2.24) is 10.2 Å². The van der Waals surface area contributed by atoms with Gasteiger partial charge in [-0.05, 0) is 43.2 Å². The number of aryl methyl sites for hydroxylation is 1. The van der Waals surface area contributed by atoms with E-state index in [-0.39, 0.29) is 17.7 Å². The molecule has 1 saturated heterocycles. The molecule has 2 unspecified atom stereocenters. The third-order valence-electron chi connectivity index (χ3n) is 5.14. The van der Waals surface area contributed by atoms with E-state index in [0.29, 0.717) is 30.3 Å². The van der Waals surface area contributed by atoms with E-state index in [1.54, 1.807) is 4.90 Å². The van der Waals surface area contributed by atoms with Gasteiger partial charge in [0.1, 0.15) is 10.8 Å². The third-order valence-corrected chi connectivity index (χ3v) is 6.14. The van der Waals surface area contributed by atoms with Crippen LogP contribution in [0.4, 0.5) is 10.8 Å². The molecule has 2 amide bonds. The van der Waals surface area contributed by atoms with Crippen molar-refractivity contribution >= 4 is 34.0 Å². The maximum Gasteiger partial charge on any atom is 0.267 e. The summed E-state index contributed by atoms with van der Waals surface area (Å²) < 4.78 is 5.78. The van der Waals surface area contributed by atoms with Gasteiger partial charge in [0, 0.05) is 24.6 Å². The average molecular weight is 437 g/mol. The minimum absolute atomic E-state index is 0.0429. The summed E-state index contributed by atoms with van der Waals surface area (Å²) >= 11 is 1.31. The van der Waals surface area contributed by atoms with Gasteiger partial charge < -0.3 is 9.64 Å². The summed E-state index contributed by atoms with van der Waals surface area (Å²) in [6.45, 7) is 4.45. The number of nitrogens with zero attached hydrogens (tertiary/aromatic N) is 3. The number of hydrogen-bond acceptors (Lipinski definition) is 6. The van der Waals surface area contributed by atoms with Gasteiger partial charge in [0.15, 0.2) is 6.10 Å². The summed E-state index contributed by atoms with van der Waals surface area (Å²) in [7, 11) is 0. The number of hydrogen-bond donors (Lipinski definition) is 1. The molecule has 0 bridgehead atoms. The van der Waals surface area contributed by atoms with Crippen molar-refractivity contribution < 1.29 is 14.3 Å². The van der Waals surface area contributed by atoms with Crippen molar-refractivity contribution in [2.24, 2.45) is 0 Å². The van der Waals surface area contributed by atoms with E-state index in [1.807, 2.05) is 68.4 Å². The second-order valence-electron chi connectivity index (χ2n) is 7.51. The number of benzene rings is 2. The number of nitrogens with one attached hydrogen (secondary N) is 1. The molecule has 1 aliphatic heterocycles. The van der Waals surface area contributed by atoms with Crippen LogP contribution in [0.15, 0.2) is 54.6 Å². The first-order chi connectivity index (χ1) is 15.0. The Kier molecular flexibility index (Phi) is 6.27. The molecule has 0 radical (unpaired) electrons. The second kappa shape index (κ2) is 9.26. The molecule has 7 nitrogen and oxygen atoms in total. The van der Waals surface area contributed by atoms with E-state index in [2.05, 4.69) is 15.5 Å². The van der Waals surface area contributed by atoms with E-state index >= 15 is 0 Å². The van der Waals surface area contributed by atoms with E-state index in [1.165, 1.54) is 11.3 Å². The number of carbonyl (C=O) groups is 2. The second-order valence-corrected chi connectivity index (χ2v) is 8.52. The van der Waals surface area contributed by atoms with Gasteiger partial charge in [-0.3, -0.25) is 14.9 Å². The summed E-state index contributed by atoms with van der Waals surface area (Å²) in [5.74, 6) is 0.401. The Balaban J connectivity index is 1.40. The molecule has 160 valence electrons. The molecule has 4 rings (SSSR count). The first-order valence-electron chi connectivity index (χ1n) is 10.3. The lowest BCUT2D eigenvalue weighted by Gasteiger charge is -2.16. The third kappa shape index (κ3) is 4.91. The largest absolute Gasteiger partial charge is 0.481 e. The fraction of sp³-hybridized carbons (Fsp3) is 0.304. The fourth-order valence-electron chi connectivity index (χ4n) is 3.54. The molecule has 1 fully saturated rings. The molecule has 0 aliphatic carbocycles. The zero-order chi connectivity index (χ0) is 21.8. The maximum atomic E-state index is 12.6. The summed E-state index contributed by atoms with van der Waals surface area (Å²) in [6.07, 6.45) is 0.278. The Hall–Kier alpha value is -3.26. The van der Waals surface area contributed by atoms with Gasteiger partial charge in [-0.15, -0.1) is 10.2 Å². The number of ether oxygens (including phenoxy) is 1. The number of carbonyl (C=O) groups excluding carboxylic acids is 2. The first-order valence-corrected chi connectivity index (χ1v) is 11.1. The van der Waals surface area contributed by atoms with E-state index in [9.17, 15) is 9.59 Å². The molecule has 1 aliphatic rings. The standard InChI is InChI=1S/C23H24N4O3S/c1-3-19(30-18-10-5-4-6-11-18)21(29)24-23-26-25-22(31-23)16-13-20(28)27(14-16)17-9-7-8-15(2)12-17/h4-12,16,19H,3,13-14H2,1-2H3,(H,24,26,29). The zero-order valence-corrected chi connectivity index (χ0v) is 18.3. The Bertz CT molecular complexity index is 1070. The summed E-state index contributed by atoms with van der Waals surface area (Å²) in [5, 5.41) is 12.3. The van der Waals surface area contributed by atoms with Crippen LogP contribution in [0.5, 0.6) is 5.75 Å². The van der Waals surface area contributed by atoms with Gasteiger partial charge in [-0.25, -0.2) is 0 Å². The van der Waals surface area contributed by atoms with E-state index in [0.717, 1.165) is 16.3 Å². The molecular weight excluding hydrogens is 412 g/mol. The van der Waals surface area contributed by atoms with Crippen LogP contribution in [0, 0.1) is 6.92 Å². The lowest BCUT2D eigenvalue weighted by atomic mass is 10.1. The highest BCUT2D eigenvalue weighted by Gasteiger charge is 2.34. The van der Waals surface area contributed by atoms with E-state index in [4.69, 9.17) is 4.74 Å². The minimum atomic E-state index is -0.625. The normalized spacial score (nSPS) is 16.9. The lowest BCUT2D eigenvalue weighted by Crippen LogP contribution is -2.32. The van der Waals surface area contributed by atoms with Crippen LogP contribution in [0.25, 0.3) is 0 Å². The SMILES string of the molecule is CCC(Oc1ccccc1)C(=O)Nc1nnc(C2CC(=O)N(c3cccc(C)c3)C2)s1. The van der Waals surface area contributed by atoms with Crippen LogP contribution in [-0.2, 0) is 9.59 Å². The molecule has 0 saturated carbocycles. The van der Waals surface area contributed by atoms with Gasteiger partial charge in [-0.2, -0.15) is 0 Å². The van der Waals surface area contributed by atoms with Gasteiger partial charge in [0.25, 0.3) is 5.91 Å². The maximum absolute atomic E-state index is 12.6. The highest BCUT2D eigenvalue weighted by Crippen LogP contribution is 2.34. The topological polar surface area (TPSA) is 84.4 Å². The zero-order valence-electron chi connectivity index (χ0n) is 17.4. The van der Waals surface area contributed by atoms with Crippen LogP contribution in [-0.4, -0.2) is 34.7 Å². The van der Waals surface area contributed by atoms with Crippen LogP contribution in [0.2, 0.25) is 0 Å². The van der Waals surface area contributed by atoms with Crippen molar-refractivity contribution in [2.75, 3.05) is 16.8 Å². The van der Waals surface area contributed by atoms with Gasteiger partial charge >= 0.3 is 0 Å². The Morgan fingerprint density at radius 3 is 2.77 bits per heavy atom. The quantitative estimate of drug-likeness (QED) is 0.601. The highest BCUT2D eigenvalue weighted by molar-refractivity contribution is 7.15. The number of para-hydroxylation sites is 1. The Morgan fingerprint density at radius 2 is 2.03 bits per heavy atom. The van der Waals surface area contributed by atoms with Crippen molar-refractivity contribution in [2.45, 2.75) is 38.7 Å². The highest BCUT2D eigenvalue weighted by atomic mass is 32.1. The molecule has 31 heavy (non-hydrogen) atoms. The van der Waals surface area contributed by atoms with Crippen molar-refractivity contribution in [1.29, 1.82) is 0 Å². The molecule has 1 N–H and O–H groups in total. The predicted octanol–water partition coefficient (Wildman–Crippen LogP) is 4.16. The fourth-order valence-corrected chi connectivity index (χ4v) is 4.38. The lowest BCUT2D eigenvalue weighted by molar-refractivity contribution is -0.122. The molecule has 8 heteroatoms. The smallest absolute Gasteiger partial charge is 0.267 e. The minimum Gasteiger partial charge on any atom is -0.481 e. The van der Waals surface area contributed by atoms with Crippen LogP contribution < -0.4 is 15.0 Å². The molecule has 1 aromatic heterocycles. The van der Waals surface area contributed by atoms with Crippen LogP contribution >= 0.6 is 11.3 Å². The molecule has 2 atom stereocenters. The monoisotopic (exact) mass is 436 g/mol. The Labute approximate surface area is 185 Å². The summed E-state index contributed by atoms with van der Waals surface area (Å²) in [5.41, 5.74) is 2.01. The molecular formula is C23H24N4O3S. The number of rotatable bonds is 7. The van der Waals surface area contributed by atoms with Crippen LogP contribution in [0.3, 0.4) is 0 Å². The molecule has 3 aromatic rings. The van der Waals surface area contributed by atoms with Crippen molar-refractivity contribution in [3.8, 4) is 5.75 Å².